The maximum atomic E-state index is 13.4. The van der Waals surface area contributed by atoms with E-state index >= 15 is 0 Å². The van der Waals surface area contributed by atoms with E-state index in [1.54, 1.807) is 18.2 Å². The van der Waals surface area contributed by atoms with Gasteiger partial charge in [-0.2, -0.15) is 4.31 Å². The summed E-state index contributed by atoms with van der Waals surface area (Å²) in [4.78, 5) is 2.20. The molecule has 1 aliphatic rings. The molecule has 1 aromatic heterocycles. The van der Waals surface area contributed by atoms with E-state index in [0.717, 1.165) is 29.4 Å². The zero-order valence-corrected chi connectivity index (χ0v) is 17.3. The van der Waals surface area contributed by atoms with Crippen molar-refractivity contribution in [1.82, 2.24) is 14.5 Å². The zero-order chi connectivity index (χ0) is 20.4. The predicted molar refractivity (Wildman–Crippen MR) is 113 cm³/mol. The Morgan fingerprint density at radius 3 is 2.59 bits per heavy atom. The van der Waals surface area contributed by atoms with Gasteiger partial charge in [-0.25, -0.2) is 8.42 Å². The van der Waals surface area contributed by atoms with Gasteiger partial charge in [0.25, 0.3) is 0 Å². The van der Waals surface area contributed by atoms with Crippen LogP contribution in [-0.2, 0) is 10.0 Å². The van der Waals surface area contributed by atoms with E-state index in [0.29, 0.717) is 23.9 Å². The summed E-state index contributed by atoms with van der Waals surface area (Å²) >= 11 is 0. The van der Waals surface area contributed by atoms with Crippen molar-refractivity contribution < 1.29 is 13.2 Å². The van der Waals surface area contributed by atoms with Gasteiger partial charge in [0.2, 0.25) is 15.9 Å². The lowest BCUT2D eigenvalue weighted by atomic mass is 10.1. The van der Waals surface area contributed by atoms with Gasteiger partial charge in [0.05, 0.1) is 11.4 Å². The van der Waals surface area contributed by atoms with Crippen molar-refractivity contribution in [2.45, 2.75) is 23.8 Å². The summed E-state index contributed by atoms with van der Waals surface area (Å²) in [6.07, 6.45) is 1.25. The first-order valence-electron chi connectivity index (χ1n) is 9.61. The van der Waals surface area contributed by atoms with Gasteiger partial charge in [-0.3, -0.25) is 0 Å². The molecule has 0 spiro atoms. The molecule has 8 heteroatoms. The van der Waals surface area contributed by atoms with E-state index in [1.165, 1.54) is 4.31 Å². The third-order valence-electron chi connectivity index (χ3n) is 5.08. The minimum atomic E-state index is -3.62. The highest BCUT2D eigenvalue weighted by Gasteiger charge is 2.32. The Morgan fingerprint density at radius 1 is 1.03 bits per heavy atom. The second kappa shape index (κ2) is 7.96. The molecule has 0 N–H and O–H groups in total. The highest BCUT2D eigenvalue weighted by Crippen LogP contribution is 2.28. The lowest BCUT2D eigenvalue weighted by Gasteiger charge is -2.32. The van der Waals surface area contributed by atoms with Crippen LogP contribution >= 0.6 is 0 Å². The molecule has 0 aliphatic carbocycles. The van der Waals surface area contributed by atoms with Crippen molar-refractivity contribution in [2.24, 2.45) is 0 Å². The molecule has 7 nitrogen and oxygen atoms in total. The van der Waals surface area contributed by atoms with E-state index < -0.39 is 10.0 Å². The number of hydrogen-bond donors (Lipinski definition) is 0. The second-order valence-electron chi connectivity index (χ2n) is 7.35. The molecule has 0 amide bonds. The van der Waals surface area contributed by atoms with Crippen molar-refractivity contribution in [3.05, 3.63) is 54.6 Å². The number of nitrogens with zero attached hydrogens (tertiary/aromatic N) is 4. The molecule has 1 saturated heterocycles. The number of hydrogen-bond acceptors (Lipinski definition) is 6. The number of rotatable bonds is 5. The van der Waals surface area contributed by atoms with Gasteiger partial charge in [-0.15, -0.1) is 10.2 Å². The van der Waals surface area contributed by atoms with Crippen LogP contribution < -0.4 is 9.64 Å². The Kier molecular flexibility index (Phi) is 5.38. The van der Waals surface area contributed by atoms with Crippen LogP contribution in [0.25, 0.3) is 10.8 Å². The SMILES string of the molecule is CN(C)c1ccc(OC2CCCN(S(=O)(=O)c3cccc4ccccc34)C2)nn1. The molecule has 1 aliphatic heterocycles. The van der Waals surface area contributed by atoms with E-state index in [1.807, 2.05) is 55.4 Å². The molecule has 2 heterocycles. The number of piperidine rings is 1. The molecule has 29 heavy (non-hydrogen) atoms. The van der Waals surface area contributed by atoms with Gasteiger partial charge in [0, 0.05) is 32.1 Å². The maximum Gasteiger partial charge on any atom is 0.243 e. The molecule has 0 bridgehead atoms. The summed E-state index contributed by atoms with van der Waals surface area (Å²) in [6, 6.07) is 16.5. The van der Waals surface area contributed by atoms with E-state index in [-0.39, 0.29) is 6.10 Å². The average Bonchev–Trinajstić information content (AvgIpc) is 2.74. The smallest absolute Gasteiger partial charge is 0.243 e. The second-order valence-corrected chi connectivity index (χ2v) is 9.25. The fourth-order valence-corrected chi connectivity index (χ4v) is 5.29. The monoisotopic (exact) mass is 412 g/mol. The van der Waals surface area contributed by atoms with Crippen LogP contribution in [-0.4, -0.2) is 56.2 Å². The molecular formula is C21H24N4O3S. The van der Waals surface area contributed by atoms with Gasteiger partial charge in [0.1, 0.15) is 6.10 Å². The first-order chi connectivity index (χ1) is 13.9. The molecule has 0 radical (unpaired) electrons. The van der Waals surface area contributed by atoms with Crippen molar-refractivity contribution >= 4 is 26.6 Å². The van der Waals surface area contributed by atoms with Gasteiger partial charge in [-0.05, 0) is 30.4 Å². The summed E-state index contributed by atoms with van der Waals surface area (Å²) in [5, 5.41) is 9.86. The van der Waals surface area contributed by atoms with E-state index in [9.17, 15) is 8.42 Å². The van der Waals surface area contributed by atoms with E-state index in [4.69, 9.17) is 4.74 Å². The molecule has 3 aromatic rings. The Morgan fingerprint density at radius 2 is 1.83 bits per heavy atom. The zero-order valence-electron chi connectivity index (χ0n) is 16.5. The molecule has 2 aromatic carbocycles. The van der Waals surface area contributed by atoms with Crippen LogP contribution in [0.15, 0.2) is 59.5 Å². The van der Waals surface area contributed by atoms with Crippen LogP contribution in [0.4, 0.5) is 5.82 Å². The molecule has 4 rings (SSSR count). The summed E-state index contributed by atoms with van der Waals surface area (Å²) in [7, 11) is 0.160. The van der Waals surface area contributed by atoms with Crippen LogP contribution in [0.2, 0.25) is 0 Å². The van der Waals surface area contributed by atoms with Crippen LogP contribution in [0.1, 0.15) is 12.8 Å². The minimum Gasteiger partial charge on any atom is -0.472 e. The lowest BCUT2D eigenvalue weighted by Crippen LogP contribution is -2.44. The molecule has 0 saturated carbocycles. The Hall–Kier alpha value is -2.71. The Balaban J connectivity index is 1.54. The average molecular weight is 413 g/mol. The Bertz CT molecular complexity index is 1100. The number of ether oxygens (including phenoxy) is 1. The Labute approximate surface area is 171 Å². The van der Waals surface area contributed by atoms with Crippen molar-refractivity contribution in [3.8, 4) is 5.88 Å². The first-order valence-corrected chi connectivity index (χ1v) is 11.0. The van der Waals surface area contributed by atoms with Crippen molar-refractivity contribution in [1.29, 1.82) is 0 Å². The number of anilines is 1. The quantitative estimate of drug-likeness (QED) is 0.641. The first kappa shape index (κ1) is 19.6. The molecule has 1 fully saturated rings. The number of fused-ring (bicyclic) bond motifs is 1. The summed E-state index contributed by atoms with van der Waals surface area (Å²) < 4.78 is 34.2. The summed E-state index contributed by atoms with van der Waals surface area (Å²) in [5.41, 5.74) is 0. The van der Waals surface area contributed by atoms with Gasteiger partial charge in [0.15, 0.2) is 5.82 Å². The minimum absolute atomic E-state index is 0.256. The predicted octanol–water partition coefficient (Wildman–Crippen LogP) is 2.93. The number of sulfonamides is 1. The number of aromatic nitrogens is 2. The largest absolute Gasteiger partial charge is 0.472 e. The molecule has 1 atom stereocenters. The highest BCUT2D eigenvalue weighted by molar-refractivity contribution is 7.89. The van der Waals surface area contributed by atoms with Gasteiger partial charge in [-0.1, -0.05) is 36.4 Å². The summed E-state index contributed by atoms with van der Waals surface area (Å²) in [6.45, 7) is 0.777. The van der Waals surface area contributed by atoms with Crippen molar-refractivity contribution in [3.63, 3.8) is 0 Å². The number of benzene rings is 2. The lowest BCUT2D eigenvalue weighted by molar-refractivity contribution is 0.123. The van der Waals surface area contributed by atoms with E-state index in [2.05, 4.69) is 10.2 Å². The van der Waals surface area contributed by atoms with Crippen molar-refractivity contribution in [2.75, 3.05) is 32.1 Å². The van der Waals surface area contributed by atoms with Crippen LogP contribution in [0.3, 0.4) is 0 Å². The fourth-order valence-electron chi connectivity index (χ4n) is 3.56. The topological polar surface area (TPSA) is 75.6 Å². The molecule has 152 valence electrons. The maximum absolute atomic E-state index is 13.4. The third-order valence-corrected chi connectivity index (χ3v) is 7.00. The van der Waals surface area contributed by atoms with Crippen LogP contribution in [0.5, 0.6) is 5.88 Å². The van der Waals surface area contributed by atoms with Crippen LogP contribution in [0, 0.1) is 0 Å². The molecular weight excluding hydrogens is 388 g/mol. The normalized spacial score (nSPS) is 17.9. The standard InChI is InChI=1S/C21H24N4O3S/c1-24(2)20-12-13-21(23-22-20)28-17-9-6-14-25(15-17)29(26,27)19-11-5-8-16-7-3-4-10-18(16)19/h3-5,7-8,10-13,17H,6,9,14-15H2,1-2H3. The highest BCUT2D eigenvalue weighted by atomic mass is 32.2. The molecule has 1 unspecified atom stereocenters. The van der Waals surface area contributed by atoms with Gasteiger partial charge >= 0.3 is 0 Å². The fraction of sp³-hybridized carbons (Fsp3) is 0.333. The van der Waals surface area contributed by atoms with Gasteiger partial charge < -0.3 is 9.64 Å². The summed E-state index contributed by atoms with van der Waals surface area (Å²) in [5.74, 6) is 1.14. The third kappa shape index (κ3) is 4.04.